The second kappa shape index (κ2) is 8.30. The lowest BCUT2D eigenvalue weighted by Gasteiger charge is -2.32. The summed E-state index contributed by atoms with van der Waals surface area (Å²) >= 11 is 0. The van der Waals surface area contributed by atoms with E-state index in [1.807, 2.05) is 0 Å². The summed E-state index contributed by atoms with van der Waals surface area (Å²) in [4.78, 5) is 14.9. The van der Waals surface area contributed by atoms with E-state index in [0.29, 0.717) is 17.0 Å². The number of carbonyl (C=O) groups excluding carboxylic acids is 1. The first-order valence-electron chi connectivity index (χ1n) is 9.13. The highest BCUT2D eigenvalue weighted by Gasteiger charge is 2.24. The molecule has 5 nitrogen and oxygen atoms in total. The number of likely N-dealkylation sites (tertiary alicyclic amines) is 1. The second-order valence-electron chi connectivity index (χ2n) is 6.88. The van der Waals surface area contributed by atoms with Crippen molar-refractivity contribution in [3.8, 4) is 0 Å². The van der Waals surface area contributed by atoms with Crippen LogP contribution in [0.2, 0.25) is 0 Å². The molecule has 1 aliphatic rings. The van der Waals surface area contributed by atoms with Crippen molar-refractivity contribution < 1.29 is 9.32 Å². The number of hydrogen-bond donors (Lipinski definition) is 1. The molecule has 1 aromatic heterocycles. The Balaban J connectivity index is 1.39. The lowest BCUT2D eigenvalue weighted by atomic mass is 10.0. The normalized spacial score (nSPS) is 16.1. The Morgan fingerprint density at radius 3 is 2.60 bits per heavy atom. The van der Waals surface area contributed by atoms with Gasteiger partial charge in [-0.3, -0.25) is 4.79 Å². The average molecular weight is 341 g/mol. The molecular weight excluding hydrogens is 314 g/mol. The number of aryl methyl sites for hydroxylation is 3. The summed E-state index contributed by atoms with van der Waals surface area (Å²) in [5.74, 6) is 0.534. The predicted molar refractivity (Wildman–Crippen MR) is 97.7 cm³/mol. The van der Waals surface area contributed by atoms with Crippen LogP contribution in [0.3, 0.4) is 0 Å². The summed E-state index contributed by atoms with van der Waals surface area (Å²) in [6.45, 7) is 6.80. The molecule has 0 spiro atoms. The third-order valence-electron chi connectivity index (χ3n) is 4.97. The molecule has 1 amide bonds. The van der Waals surface area contributed by atoms with Gasteiger partial charge in [0.1, 0.15) is 11.3 Å². The maximum Gasteiger partial charge on any atom is 0.257 e. The van der Waals surface area contributed by atoms with Crippen molar-refractivity contribution in [2.45, 2.75) is 45.6 Å². The number of nitrogens with zero attached hydrogens (tertiary/aromatic N) is 2. The van der Waals surface area contributed by atoms with Gasteiger partial charge in [0.25, 0.3) is 5.91 Å². The summed E-state index contributed by atoms with van der Waals surface area (Å²) in [6, 6.07) is 10.9. The molecule has 5 heteroatoms. The Morgan fingerprint density at radius 2 is 1.96 bits per heavy atom. The number of aromatic nitrogens is 1. The standard InChI is InChI=1S/C20H27N3O2/c1-15-19(16(2)25-22-15)20(24)21-18-10-13-23(14-11-18)12-6-9-17-7-4-3-5-8-17/h3-5,7-8,18H,6,9-14H2,1-2H3,(H,21,24). The summed E-state index contributed by atoms with van der Waals surface area (Å²) in [5.41, 5.74) is 2.66. The van der Waals surface area contributed by atoms with E-state index in [1.54, 1.807) is 13.8 Å². The van der Waals surface area contributed by atoms with Crippen molar-refractivity contribution in [1.82, 2.24) is 15.4 Å². The van der Waals surface area contributed by atoms with Gasteiger partial charge < -0.3 is 14.7 Å². The van der Waals surface area contributed by atoms with Gasteiger partial charge >= 0.3 is 0 Å². The lowest BCUT2D eigenvalue weighted by molar-refractivity contribution is 0.0909. The molecule has 0 aliphatic carbocycles. The zero-order valence-corrected chi connectivity index (χ0v) is 15.1. The molecule has 2 heterocycles. The van der Waals surface area contributed by atoms with E-state index < -0.39 is 0 Å². The number of carbonyl (C=O) groups is 1. The first kappa shape index (κ1) is 17.7. The Bertz CT molecular complexity index is 669. The van der Waals surface area contributed by atoms with Crippen LogP contribution in [0, 0.1) is 13.8 Å². The maximum absolute atomic E-state index is 12.4. The summed E-state index contributed by atoms with van der Waals surface area (Å²) in [6.07, 6.45) is 4.31. The molecule has 0 radical (unpaired) electrons. The third-order valence-corrected chi connectivity index (χ3v) is 4.97. The van der Waals surface area contributed by atoms with Gasteiger partial charge in [-0.15, -0.1) is 0 Å². The summed E-state index contributed by atoms with van der Waals surface area (Å²) in [5, 5.41) is 7.00. The molecule has 25 heavy (non-hydrogen) atoms. The molecule has 0 atom stereocenters. The van der Waals surface area contributed by atoms with Crippen molar-refractivity contribution >= 4 is 5.91 Å². The van der Waals surface area contributed by atoms with Gasteiger partial charge in [-0.05, 0) is 51.6 Å². The highest BCUT2D eigenvalue weighted by Crippen LogP contribution is 2.15. The van der Waals surface area contributed by atoms with Crippen molar-refractivity contribution in [2.75, 3.05) is 19.6 Å². The average Bonchev–Trinajstić information content (AvgIpc) is 2.96. The Kier molecular flexibility index (Phi) is 5.87. The van der Waals surface area contributed by atoms with Crippen LogP contribution in [0.15, 0.2) is 34.9 Å². The SMILES string of the molecule is Cc1noc(C)c1C(=O)NC1CCN(CCCc2ccccc2)CC1. The van der Waals surface area contributed by atoms with Crippen LogP contribution in [0.4, 0.5) is 0 Å². The number of rotatable bonds is 6. The highest BCUT2D eigenvalue weighted by molar-refractivity contribution is 5.96. The number of hydrogen-bond acceptors (Lipinski definition) is 4. The molecule has 3 rings (SSSR count). The number of nitrogens with one attached hydrogen (secondary N) is 1. The largest absolute Gasteiger partial charge is 0.361 e. The van der Waals surface area contributed by atoms with Crippen molar-refractivity contribution in [2.24, 2.45) is 0 Å². The topological polar surface area (TPSA) is 58.4 Å². The van der Waals surface area contributed by atoms with Crippen molar-refractivity contribution in [3.63, 3.8) is 0 Å². The highest BCUT2D eigenvalue weighted by atomic mass is 16.5. The van der Waals surface area contributed by atoms with Gasteiger partial charge in [0.15, 0.2) is 0 Å². The second-order valence-corrected chi connectivity index (χ2v) is 6.88. The first-order valence-corrected chi connectivity index (χ1v) is 9.13. The van der Waals surface area contributed by atoms with Gasteiger partial charge in [-0.1, -0.05) is 35.5 Å². The number of piperidine rings is 1. The smallest absolute Gasteiger partial charge is 0.257 e. The van der Waals surface area contributed by atoms with Crippen LogP contribution in [0.1, 0.15) is 46.6 Å². The molecule has 0 unspecified atom stereocenters. The van der Waals surface area contributed by atoms with E-state index in [4.69, 9.17) is 4.52 Å². The van der Waals surface area contributed by atoms with Crippen LogP contribution < -0.4 is 5.32 Å². The molecule has 1 fully saturated rings. The minimum atomic E-state index is -0.0567. The quantitative estimate of drug-likeness (QED) is 0.877. The molecule has 1 saturated heterocycles. The third kappa shape index (κ3) is 4.69. The molecular formula is C20H27N3O2. The minimum Gasteiger partial charge on any atom is -0.361 e. The fourth-order valence-corrected chi connectivity index (χ4v) is 3.52. The van der Waals surface area contributed by atoms with Gasteiger partial charge in [0.2, 0.25) is 0 Å². The van der Waals surface area contributed by atoms with E-state index in [-0.39, 0.29) is 11.9 Å². The maximum atomic E-state index is 12.4. The van der Waals surface area contributed by atoms with Gasteiger partial charge in [0.05, 0.1) is 5.69 Å². The van der Waals surface area contributed by atoms with Crippen LogP contribution in [-0.2, 0) is 6.42 Å². The minimum absolute atomic E-state index is 0.0567. The van der Waals surface area contributed by atoms with E-state index in [0.717, 1.165) is 38.9 Å². The Labute approximate surface area is 149 Å². The zero-order chi connectivity index (χ0) is 17.6. The van der Waals surface area contributed by atoms with Crippen LogP contribution >= 0.6 is 0 Å². The number of benzene rings is 1. The number of amides is 1. The van der Waals surface area contributed by atoms with E-state index >= 15 is 0 Å². The Morgan fingerprint density at radius 1 is 1.24 bits per heavy atom. The van der Waals surface area contributed by atoms with E-state index in [1.165, 1.54) is 12.0 Å². The lowest BCUT2D eigenvalue weighted by Crippen LogP contribution is -2.45. The monoisotopic (exact) mass is 341 g/mol. The predicted octanol–water partition coefficient (Wildman–Crippen LogP) is 3.12. The molecule has 1 aromatic carbocycles. The zero-order valence-electron chi connectivity index (χ0n) is 15.1. The fourth-order valence-electron chi connectivity index (χ4n) is 3.52. The molecule has 2 aromatic rings. The van der Waals surface area contributed by atoms with E-state index in [9.17, 15) is 4.79 Å². The van der Waals surface area contributed by atoms with Gasteiger partial charge in [0, 0.05) is 19.1 Å². The van der Waals surface area contributed by atoms with Gasteiger partial charge in [-0.2, -0.15) is 0 Å². The van der Waals surface area contributed by atoms with Crippen molar-refractivity contribution in [3.05, 3.63) is 52.9 Å². The van der Waals surface area contributed by atoms with Crippen LogP contribution in [-0.4, -0.2) is 41.6 Å². The molecule has 0 saturated carbocycles. The van der Waals surface area contributed by atoms with Crippen LogP contribution in [0.5, 0.6) is 0 Å². The summed E-state index contributed by atoms with van der Waals surface area (Å²) in [7, 11) is 0. The molecule has 1 aliphatic heterocycles. The first-order chi connectivity index (χ1) is 12.1. The van der Waals surface area contributed by atoms with E-state index in [2.05, 4.69) is 45.7 Å². The molecule has 1 N–H and O–H groups in total. The van der Waals surface area contributed by atoms with Crippen molar-refractivity contribution in [1.29, 1.82) is 0 Å². The van der Waals surface area contributed by atoms with Gasteiger partial charge in [-0.25, -0.2) is 0 Å². The molecule has 134 valence electrons. The molecule has 0 bridgehead atoms. The van der Waals surface area contributed by atoms with Crippen LogP contribution in [0.25, 0.3) is 0 Å². The summed E-state index contributed by atoms with van der Waals surface area (Å²) < 4.78 is 5.08. The Hall–Kier alpha value is -2.14. The fraction of sp³-hybridized carbons (Fsp3) is 0.500.